The molecule has 1 rings (SSSR count). The van der Waals surface area contributed by atoms with Crippen LogP contribution in [0.1, 0.15) is 51.4 Å². The number of hydrogen-bond acceptors (Lipinski definition) is 5. The van der Waals surface area contributed by atoms with Crippen molar-refractivity contribution in [1.29, 1.82) is 0 Å². The van der Waals surface area contributed by atoms with E-state index in [-0.39, 0.29) is 30.5 Å². The molecule has 6 heteroatoms. The van der Waals surface area contributed by atoms with Crippen molar-refractivity contribution in [3.05, 3.63) is 24.3 Å². The largest absolute Gasteiger partial charge is 0.477 e. The van der Waals surface area contributed by atoms with E-state index in [1.807, 2.05) is 6.08 Å². The zero-order valence-corrected chi connectivity index (χ0v) is 14.9. The molecule has 0 aromatic carbocycles. The summed E-state index contributed by atoms with van der Waals surface area (Å²) >= 11 is 0. The van der Waals surface area contributed by atoms with Crippen molar-refractivity contribution in [3.63, 3.8) is 0 Å². The minimum atomic E-state index is -2.69. The van der Waals surface area contributed by atoms with Crippen molar-refractivity contribution in [2.45, 2.75) is 57.2 Å². The molecule has 0 amide bonds. The Morgan fingerprint density at radius 1 is 1.24 bits per heavy atom. The molecule has 0 aliphatic heterocycles. The van der Waals surface area contributed by atoms with Crippen LogP contribution in [0.3, 0.4) is 0 Å². The number of hydrogen-bond donors (Lipinski definition) is 3. The topological polar surface area (TPSA) is 104 Å². The maximum atomic E-state index is 12.0. The minimum Gasteiger partial charge on any atom is -0.477 e. The van der Waals surface area contributed by atoms with Gasteiger partial charge < -0.3 is 20.1 Å². The Hall–Kier alpha value is -1.50. The first-order valence-electron chi connectivity index (χ1n) is 8.90. The summed E-state index contributed by atoms with van der Waals surface area (Å²) in [5.74, 6) is -3.85. The van der Waals surface area contributed by atoms with Crippen LogP contribution >= 0.6 is 0 Å². The molecule has 6 nitrogen and oxygen atoms in total. The van der Waals surface area contributed by atoms with Gasteiger partial charge in [-0.1, -0.05) is 24.3 Å². The number of allylic oxidation sites excluding steroid dienone is 4. The lowest BCUT2D eigenvalue weighted by molar-refractivity contribution is -0.205. The van der Waals surface area contributed by atoms with Crippen LogP contribution in [-0.4, -0.2) is 46.6 Å². The van der Waals surface area contributed by atoms with Crippen LogP contribution in [0.2, 0.25) is 0 Å². The molecule has 0 heterocycles. The number of aliphatic carboxylic acids is 1. The number of carbonyl (C=O) groups excluding carboxylic acids is 1. The van der Waals surface area contributed by atoms with Gasteiger partial charge in [-0.2, -0.15) is 0 Å². The van der Waals surface area contributed by atoms with Crippen molar-refractivity contribution < 1.29 is 29.6 Å². The number of methoxy groups -OCH3 is 1. The molecule has 1 aliphatic carbocycles. The number of Topliss-reactive ketones (excluding diaryl/α,β-unsaturated/α-hetero) is 1. The molecule has 142 valence electrons. The van der Waals surface area contributed by atoms with E-state index in [0.29, 0.717) is 12.8 Å². The molecule has 2 atom stereocenters. The summed E-state index contributed by atoms with van der Waals surface area (Å²) in [6, 6.07) is 0. The second kappa shape index (κ2) is 11.2. The summed E-state index contributed by atoms with van der Waals surface area (Å²) in [4.78, 5) is 22.6. The van der Waals surface area contributed by atoms with Crippen molar-refractivity contribution >= 4 is 11.8 Å². The van der Waals surface area contributed by atoms with Gasteiger partial charge in [-0.05, 0) is 44.4 Å². The first-order valence-corrected chi connectivity index (χ1v) is 8.90. The van der Waals surface area contributed by atoms with E-state index >= 15 is 0 Å². The van der Waals surface area contributed by atoms with Gasteiger partial charge in [0, 0.05) is 32.5 Å². The lowest BCUT2D eigenvalue weighted by Gasteiger charge is -2.15. The van der Waals surface area contributed by atoms with Crippen LogP contribution in [0.5, 0.6) is 0 Å². The van der Waals surface area contributed by atoms with Crippen LogP contribution in [0, 0.1) is 11.8 Å². The van der Waals surface area contributed by atoms with Gasteiger partial charge in [0.05, 0.1) is 0 Å². The predicted octanol–water partition coefficient (Wildman–Crippen LogP) is 2.45. The quantitative estimate of drug-likeness (QED) is 0.282. The molecule has 1 saturated carbocycles. The first kappa shape index (κ1) is 21.5. The lowest BCUT2D eigenvalue weighted by Crippen LogP contribution is -2.37. The molecule has 0 aromatic rings. The van der Waals surface area contributed by atoms with Crippen molar-refractivity contribution in [1.82, 2.24) is 0 Å². The molecule has 0 bridgehead atoms. The number of carboxylic acid groups (broad SMARTS) is 1. The van der Waals surface area contributed by atoms with Gasteiger partial charge in [-0.3, -0.25) is 4.79 Å². The fourth-order valence-corrected chi connectivity index (χ4v) is 3.00. The molecule has 0 saturated heterocycles. The third-order valence-electron chi connectivity index (χ3n) is 4.57. The number of rotatable bonds is 12. The third-order valence-corrected chi connectivity index (χ3v) is 4.57. The first-order chi connectivity index (χ1) is 11.9. The Bertz CT molecular complexity index is 480. The van der Waals surface area contributed by atoms with Crippen LogP contribution in [0.4, 0.5) is 0 Å². The number of carbonyl (C=O) groups is 2. The van der Waals surface area contributed by atoms with E-state index in [4.69, 9.17) is 9.84 Å². The summed E-state index contributed by atoms with van der Waals surface area (Å²) in [7, 11) is 1.70. The lowest BCUT2D eigenvalue weighted by atomic mass is 9.91. The van der Waals surface area contributed by atoms with Crippen molar-refractivity contribution in [3.8, 4) is 0 Å². The summed E-state index contributed by atoms with van der Waals surface area (Å²) in [6.07, 6.45) is 13.0. The van der Waals surface area contributed by atoms with Crippen LogP contribution in [0.15, 0.2) is 24.3 Å². The van der Waals surface area contributed by atoms with E-state index in [1.165, 1.54) is 0 Å². The maximum absolute atomic E-state index is 12.0. The molecular formula is C19H30O6. The van der Waals surface area contributed by atoms with Gasteiger partial charge in [0.1, 0.15) is 5.78 Å². The standard InChI is InChI=1S/C19H30O6/c1-25-14-8-3-2-5-9-15-11-12-17(20)16(15)10-6-4-7-13-19(23,24)18(21)22/h4-6,9,15-16,23-24H,2-3,7-8,10-14H2,1H3,(H,21,22)/b6-4-,9-5+/t15-,16+/m0/s1. The van der Waals surface area contributed by atoms with E-state index < -0.39 is 11.8 Å². The van der Waals surface area contributed by atoms with Gasteiger partial charge in [0.2, 0.25) is 0 Å². The van der Waals surface area contributed by atoms with Crippen LogP contribution in [0.25, 0.3) is 0 Å². The van der Waals surface area contributed by atoms with E-state index in [2.05, 4.69) is 12.2 Å². The molecule has 0 spiro atoms. The number of carboxylic acids is 1. The number of ether oxygens (including phenoxy) is 1. The third kappa shape index (κ3) is 7.94. The molecule has 0 aromatic heterocycles. The van der Waals surface area contributed by atoms with Crippen LogP contribution < -0.4 is 0 Å². The predicted molar refractivity (Wildman–Crippen MR) is 93.9 cm³/mol. The Kier molecular flexibility index (Phi) is 9.63. The van der Waals surface area contributed by atoms with E-state index in [1.54, 1.807) is 13.2 Å². The monoisotopic (exact) mass is 354 g/mol. The van der Waals surface area contributed by atoms with Gasteiger partial charge >= 0.3 is 5.97 Å². The number of unbranched alkanes of at least 4 members (excludes halogenated alkanes) is 2. The highest BCUT2D eigenvalue weighted by Crippen LogP contribution is 2.33. The van der Waals surface area contributed by atoms with Crippen molar-refractivity contribution in [2.75, 3.05) is 13.7 Å². The Labute approximate surface area is 149 Å². The van der Waals surface area contributed by atoms with Gasteiger partial charge in [-0.25, -0.2) is 4.79 Å². The van der Waals surface area contributed by atoms with E-state index in [9.17, 15) is 19.8 Å². The highest BCUT2D eigenvalue weighted by atomic mass is 16.5. The molecule has 3 N–H and O–H groups in total. The minimum absolute atomic E-state index is 0.0287. The summed E-state index contributed by atoms with van der Waals surface area (Å²) in [6.45, 7) is 0.772. The SMILES string of the molecule is COCCCC/C=C/[C@H]1CCC(=O)[C@@H]1C/C=C\CCC(O)(O)C(=O)O. The fourth-order valence-electron chi connectivity index (χ4n) is 3.00. The van der Waals surface area contributed by atoms with Gasteiger partial charge in [0.15, 0.2) is 0 Å². The van der Waals surface area contributed by atoms with Crippen LogP contribution in [-0.2, 0) is 14.3 Å². The zero-order valence-electron chi connectivity index (χ0n) is 14.9. The Morgan fingerprint density at radius 3 is 2.68 bits per heavy atom. The maximum Gasteiger partial charge on any atom is 0.364 e. The highest BCUT2D eigenvalue weighted by Gasteiger charge is 2.32. The smallest absolute Gasteiger partial charge is 0.364 e. The van der Waals surface area contributed by atoms with Gasteiger partial charge in [-0.15, -0.1) is 0 Å². The number of ketones is 1. The van der Waals surface area contributed by atoms with Gasteiger partial charge in [0.25, 0.3) is 5.79 Å². The summed E-state index contributed by atoms with van der Waals surface area (Å²) in [5, 5.41) is 27.0. The average Bonchev–Trinajstić information content (AvgIpc) is 2.90. The molecule has 1 aliphatic rings. The van der Waals surface area contributed by atoms with E-state index in [0.717, 1.165) is 32.3 Å². The van der Waals surface area contributed by atoms with Crippen molar-refractivity contribution in [2.24, 2.45) is 11.8 Å². The normalized spacial score (nSPS) is 21.6. The zero-order chi connectivity index (χ0) is 18.7. The molecular weight excluding hydrogens is 324 g/mol. The Balaban J connectivity index is 2.36. The molecule has 0 radical (unpaired) electrons. The average molecular weight is 354 g/mol. The molecule has 25 heavy (non-hydrogen) atoms. The second-order valence-electron chi connectivity index (χ2n) is 6.56. The molecule has 1 fully saturated rings. The fraction of sp³-hybridized carbons (Fsp3) is 0.684. The second-order valence-corrected chi connectivity index (χ2v) is 6.56. The Morgan fingerprint density at radius 2 is 2.00 bits per heavy atom. The highest BCUT2D eigenvalue weighted by molar-refractivity contribution is 5.83. The number of aliphatic hydroxyl groups is 2. The molecule has 0 unspecified atom stereocenters. The summed E-state index contributed by atoms with van der Waals surface area (Å²) in [5.41, 5.74) is 0. The summed E-state index contributed by atoms with van der Waals surface area (Å²) < 4.78 is 5.01.